The summed E-state index contributed by atoms with van der Waals surface area (Å²) in [6.07, 6.45) is 1.23. The van der Waals surface area contributed by atoms with Crippen LogP contribution in [0.3, 0.4) is 0 Å². The Hall–Kier alpha value is -1.38. The third-order valence-electron chi connectivity index (χ3n) is 3.79. The van der Waals surface area contributed by atoms with Crippen molar-refractivity contribution in [2.45, 2.75) is 31.7 Å². The average Bonchev–Trinajstić information content (AvgIpc) is 2.53. The summed E-state index contributed by atoms with van der Waals surface area (Å²) in [5.74, 6) is 0.356. The number of hydrogen-bond acceptors (Lipinski definition) is 1. The summed E-state index contributed by atoms with van der Waals surface area (Å²) >= 11 is 0. The van der Waals surface area contributed by atoms with Crippen molar-refractivity contribution >= 4 is 9.76 Å². The van der Waals surface area contributed by atoms with Gasteiger partial charge in [0.05, 0.1) is 0 Å². The highest BCUT2D eigenvalue weighted by molar-refractivity contribution is 6.29. The molecule has 2 rings (SSSR count). The Kier molecular flexibility index (Phi) is 6.03. The molecule has 0 aliphatic rings. The Bertz CT molecular complexity index is 444. The average molecular weight is 284 g/mol. The van der Waals surface area contributed by atoms with E-state index in [4.69, 9.17) is 4.43 Å². The zero-order valence-corrected chi connectivity index (χ0v) is 13.9. The van der Waals surface area contributed by atoms with E-state index in [2.05, 4.69) is 74.5 Å². The molecule has 20 heavy (non-hydrogen) atoms. The maximum atomic E-state index is 6.10. The van der Waals surface area contributed by atoms with E-state index >= 15 is 0 Å². The topological polar surface area (TPSA) is 9.23 Å². The van der Waals surface area contributed by atoms with Gasteiger partial charge in [-0.3, -0.25) is 0 Å². The Balaban J connectivity index is 2.09. The largest absolute Gasteiger partial charge is 0.423 e. The highest BCUT2D eigenvalue weighted by atomic mass is 28.2. The van der Waals surface area contributed by atoms with E-state index in [0.29, 0.717) is 5.92 Å². The van der Waals surface area contributed by atoms with Crippen molar-refractivity contribution in [3.05, 3.63) is 71.8 Å². The van der Waals surface area contributed by atoms with Gasteiger partial charge < -0.3 is 4.43 Å². The van der Waals surface area contributed by atoms with Gasteiger partial charge in [0.2, 0.25) is 0 Å². The minimum Gasteiger partial charge on any atom is -0.423 e. The molecule has 0 radical (unpaired) electrons. The van der Waals surface area contributed by atoms with Crippen LogP contribution < -0.4 is 0 Å². The van der Waals surface area contributed by atoms with Gasteiger partial charge in [0, 0.05) is 12.5 Å². The van der Waals surface area contributed by atoms with Gasteiger partial charge in [-0.25, -0.2) is 0 Å². The number of rotatable bonds is 7. The highest BCUT2D eigenvalue weighted by Crippen LogP contribution is 2.25. The molecule has 0 aliphatic heterocycles. The molecular formula is C18H24OSi. The third-order valence-corrected chi connectivity index (χ3v) is 5.41. The fourth-order valence-electron chi connectivity index (χ4n) is 2.26. The molecule has 0 N–H and O–H groups in total. The van der Waals surface area contributed by atoms with E-state index in [1.807, 2.05) is 0 Å². The molecule has 0 saturated carbocycles. The van der Waals surface area contributed by atoms with Crippen molar-refractivity contribution in [2.75, 3.05) is 6.61 Å². The second-order valence-electron chi connectivity index (χ2n) is 5.42. The molecule has 1 nitrogen and oxygen atoms in total. The van der Waals surface area contributed by atoms with Gasteiger partial charge in [0.25, 0.3) is 0 Å². The normalized spacial score (nSPS) is 13.2. The summed E-state index contributed by atoms with van der Waals surface area (Å²) in [6, 6.07) is 21.4. The van der Waals surface area contributed by atoms with Gasteiger partial charge in [-0.15, -0.1) is 0 Å². The van der Waals surface area contributed by atoms with Crippen molar-refractivity contribution in [2.24, 2.45) is 0 Å². The molecule has 0 spiro atoms. The summed E-state index contributed by atoms with van der Waals surface area (Å²) in [5.41, 5.74) is 3.45. The van der Waals surface area contributed by atoms with Crippen LogP contribution in [-0.4, -0.2) is 16.4 Å². The van der Waals surface area contributed by atoms with Crippen LogP contribution >= 0.6 is 0 Å². The molecule has 0 bridgehead atoms. The zero-order chi connectivity index (χ0) is 14.2. The van der Waals surface area contributed by atoms with Crippen LogP contribution in [-0.2, 0) is 4.43 Å². The molecular weight excluding hydrogens is 260 g/mol. The Morgan fingerprint density at radius 3 is 1.85 bits per heavy atom. The molecule has 1 unspecified atom stereocenters. The second-order valence-corrected chi connectivity index (χ2v) is 7.56. The summed E-state index contributed by atoms with van der Waals surface area (Å²) in [5, 5.41) is 0. The van der Waals surface area contributed by atoms with Crippen LogP contribution in [0.15, 0.2) is 60.7 Å². The molecule has 2 aromatic carbocycles. The number of hydrogen-bond donors (Lipinski definition) is 0. The van der Waals surface area contributed by atoms with Crippen molar-refractivity contribution in [3.63, 3.8) is 0 Å². The maximum Gasteiger partial charge on any atom is 0.164 e. The summed E-state index contributed by atoms with van der Waals surface area (Å²) in [7, 11) is -0.417. The van der Waals surface area contributed by atoms with Gasteiger partial charge in [0.15, 0.2) is 9.76 Å². The maximum absolute atomic E-state index is 6.10. The van der Waals surface area contributed by atoms with E-state index in [9.17, 15) is 0 Å². The van der Waals surface area contributed by atoms with Crippen LogP contribution in [0.5, 0.6) is 0 Å². The monoisotopic (exact) mass is 284 g/mol. The lowest BCUT2D eigenvalue weighted by Gasteiger charge is -2.19. The Morgan fingerprint density at radius 2 is 1.40 bits per heavy atom. The molecule has 2 aromatic rings. The van der Waals surface area contributed by atoms with Crippen LogP contribution in [0.2, 0.25) is 5.54 Å². The van der Waals surface area contributed by atoms with Gasteiger partial charge in [-0.1, -0.05) is 80.9 Å². The number of benzene rings is 2. The lowest BCUT2D eigenvalue weighted by molar-refractivity contribution is 0.313. The molecule has 0 heterocycles. The molecule has 0 saturated heterocycles. The van der Waals surface area contributed by atoms with E-state index in [1.165, 1.54) is 17.5 Å². The van der Waals surface area contributed by atoms with Crippen LogP contribution in [0.1, 0.15) is 37.3 Å². The van der Waals surface area contributed by atoms with Crippen molar-refractivity contribution in [1.29, 1.82) is 0 Å². The molecule has 0 fully saturated rings. The SMILES string of the molecule is CCC(C)[SiH2]OCC(c1ccccc1)c1ccccc1. The summed E-state index contributed by atoms with van der Waals surface area (Å²) in [6.45, 7) is 5.35. The van der Waals surface area contributed by atoms with Crippen LogP contribution in [0.25, 0.3) is 0 Å². The predicted molar refractivity (Wildman–Crippen MR) is 88.9 cm³/mol. The minimum absolute atomic E-state index is 0.356. The third kappa shape index (κ3) is 4.32. The van der Waals surface area contributed by atoms with E-state index in [1.54, 1.807) is 0 Å². The van der Waals surface area contributed by atoms with Gasteiger partial charge in [-0.2, -0.15) is 0 Å². The fraction of sp³-hybridized carbons (Fsp3) is 0.333. The smallest absolute Gasteiger partial charge is 0.164 e. The van der Waals surface area contributed by atoms with E-state index in [0.717, 1.165) is 12.1 Å². The zero-order valence-electron chi connectivity index (χ0n) is 12.5. The molecule has 0 amide bonds. The van der Waals surface area contributed by atoms with Crippen molar-refractivity contribution in [1.82, 2.24) is 0 Å². The quantitative estimate of drug-likeness (QED) is 0.694. The van der Waals surface area contributed by atoms with E-state index < -0.39 is 9.76 Å². The molecule has 0 aliphatic carbocycles. The van der Waals surface area contributed by atoms with Gasteiger partial charge in [-0.05, 0) is 16.7 Å². The standard InChI is InChI=1S/C18H24OSi/c1-3-15(2)20-19-14-18(16-10-6-4-7-11-16)17-12-8-5-9-13-17/h4-13,15,18H,3,14,20H2,1-2H3. The van der Waals surface area contributed by atoms with E-state index in [-0.39, 0.29) is 0 Å². The second kappa shape index (κ2) is 8.03. The van der Waals surface area contributed by atoms with Crippen LogP contribution in [0, 0.1) is 0 Å². The summed E-state index contributed by atoms with van der Waals surface area (Å²) < 4.78 is 6.10. The first-order valence-electron chi connectivity index (χ1n) is 7.49. The fourth-order valence-corrected chi connectivity index (χ4v) is 3.27. The van der Waals surface area contributed by atoms with Crippen LogP contribution in [0.4, 0.5) is 0 Å². The van der Waals surface area contributed by atoms with Gasteiger partial charge >= 0.3 is 0 Å². The van der Waals surface area contributed by atoms with Crippen molar-refractivity contribution in [3.8, 4) is 0 Å². The first-order valence-corrected chi connectivity index (χ1v) is 8.88. The molecule has 1 atom stereocenters. The highest BCUT2D eigenvalue weighted by Gasteiger charge is 2.14. The summed E-state index contributed by atoms with van der Waals surface area (Å²) in [4.78, 5) is 0. The lowest BCUT2D eigenvalue weighted by atomic mass is 9.92. The molecule has 106 valence electrons. The van der Waals surface area contributed by atoms with Crippen molar-refractivity contribution < 1.29 is 4.43 Å². The Morgan fingerprint density at radius 1 is 0.900 bits per heavy atom. The first kappa shape index (κ1) is 15.0. The molecule has 0 aromatic heterocycles. The first-order chi connectivity index (χ1) is 9.81. The Labute approximate surface area is 124 Å². The molecule has 2 heteroatoms. The minimum atomic E-state index is -0.417. The lowest BCUT2D eigenvalue weighted by Crippen LogP contribution is -2.13. The van der Waals surface area contributed by atoms with Gasteiger partial charge in [0.1, 0.15) is 0 Å². The predicted octanol–water partition coefficient (Wildman–Crippen LogP) is 4.14.